The summed E-state index contributed by atoms with van der Waals surface area (Å²) in [5.41, 5.74) is -0.0968. The number of carbonyl (C=O) groups excluding carboxylic acids is 1. The first kappa shape index (κ1) is 16.9. The maximum atomic E-state index is 11.8. The molecule has 2 aromatic carbocycles. The van der Waals surface area contributed by atoms with Crippen LogP contribution in [-0.2, 0) is 4.79 Å². The van der Waals surface area contributed by atoms with Crippen LogP contribution in [0.1, 0.15) is 10.4 Å². The van der Waals surface area contributed by atoms with Gasteiger partial charge in [-0.2, -0.15) is 0 Å². The van der Waals surface area contributed by atoms with Crippen LogP contribution in [0, 0.1) is 0 Å². The SMILES string of the molecule is O=C(COc1ccc(Cl)cc1Cl)Nc1ccc(O)c(C(=O)O)c1. The van der Waals surface area contributed by atoms with E-state index in [0.29, 0.717) is 10.8 Å². The van der Waals surface area contributed by atoms with Gasteiger partial charge < -0.3 is 20.3 Å². The van der Waals surface area contributed by atoms with Gasteiger partial charge in [0.2, 0.25) is 0 Å². The number of aromatic hydroxyl groups is 1. The molecular weight excluding hydrogens is 345 g/mol. The molecule has 0 radical (unpaired) electrons. The number of phenols is 1. The number of amides is 1. The minimum Gasteiger partial charge on any atom is -0.507 e. The van der Waals surface area contributed by atoms with E-state index in [1.54, 1.807) is 6.07 Å². The molecule has 3 N–H and O–H groups in total. The van der Waals surface area contributed by atoms with Crippen molar-refractivity contribution in [2.24, 2.45) is 0 Å². The van der Waals surface area contributed by atoms with Crippen molar-refractivity contribution in [3.8, 4) is 11.5 Å². The van der Waals surface area contributed by atoms with Gasteiger partial charge in [-0.25, -0.2) is 4.79 Å². The molecule has 2 aromatic rings. The second kappa shape index (κ2) is 7.21. The number of anilines is 1. The van der Waals surface area contributed by atoms with Crippen LogP contribution in [-0.4, -0.2) is 28.7 Å². The molecule has 0 aliphatic carbocycles. The molecule has 8 heteroatoms. The molecule has 0 bridgehead atoms. The van der Waals surface area contributed by atoms with Crippen molar-refractivity contribution >= 4 is 40.8 Å². The van der Waals surface area contributed by atoms with Crippen LogP contribution in [0.5, 0.6) is 11.5 Å². The Morgan fingerprint density at radius 1 is 1.13 bits per heavy atom. The lowest BCUT2D eigenvalue weighted by molar-refractivity contribution is -0.118. The predicted molar refractivity (Wildman–Crippen MR) is 85.7 cm³/mol. The number of hydrogen-bond donors (Lipinski definition) is 3. The molecule has 0 heterocycles. The van der Waals surface area contributed by atoms with E-state index in [4.69, 9.17) is 33.0 Å². The fourth-order valence-electron chi connectivity index (χ4n) is 1.72. The fraction of sp³-hybridized carbons (Fsp3) is 0.0667. The first-order chi connectivity index (χ1) is 10.9. The third-order valence-electron chi connectivity index (χ3n) is 2.76. The number of ether oxygens (including phenoxy) is 1. The highest BCUT2D eigenvalue weighted by molar-refractivity contribution is 6.35. The Bertz CT molecular complexity index is 764. The first-order valence-corrected chi connectivity index (χ1v) is 7.06. The Morgan fingerprint density at radius 2 is 1.87 bits per heavy atom. The Kier molecular flexibility index (Phi) is 5.31. The molecule has 0 unspecified atom stereocenters. The zero-order chi connectivity index (χ0) is 17.0. The molecule has 0 aromatic heterocycles. The van der Waals surface area contributed by atoms with E-state index >= 15 is 0 Å². The highest BCUT2D eigenvalue weighted by atomic mass is 35.5. The van der Waals surface area contributed by atoms with Crippen LogP contribution in [0.2, 0.25) is 10.0 Å². The summed E-state index contributed by atoms with van der Waals surface area (Å²) in [6.07, 6.45) is 0. The summed E-state index contributed by atoms with van der Waals surface area (Å²) < 4.78 is 5.26. The number of aromatic carboxylic acids is 1. The second-order valence-corrected chi connectivity index (χ2v) is 5.29. The van der Waals surface area contributed by atoms with Gasteiger partial charge in [0.25, 0.3) is 5.91 Å². The average Bonchev–Trinajstić information content (AvgIpc) is 2.48. The molecule has 1 amide bonds. The topological polar surface area (TPSA) is 95.9 Å². The van der Waals surface area contributed by atoms with Crippen molar-refractivity contribution < 1.29 is 24.5 Å². The molecule has 0 saturated heterocycles. The van der Waals surface area contributed by atoms with Crippen molar-refractivity contribution in [3.05, 3.63) is 52.0 Å². The molecule has 6 nitrogen and oxygen atoms in total. The number of benzene rings is 2. The van der Waals surface area contributed by atoms with E-state index in [9.17, 15) is 14.7 Å². The third-order valence-corrected chi connectivity index (χ3v) is 3.29. The van der Waals surface area contributed by atoms with Gasteiger partial charge in [-0.3, -0.25) is 4.79 Å². The number of hydrogen-bond acceptors (Lipinski definition) is 4. The van der Waals surface area contributed by atoms with Crippen LogP contribution < -0.4 is 10.1 Å². The van der Waals surface area contributed by atoms with Crippen molar-refractivity contribution in [2.45, 2.75) is 0 Å². The standard InChI is InChI=1S/C15H11Cl2NO5/c16-8-1-4-13(11(17)5-8)23-7-14(20)18-9-2-3-12(19)10(6-9)15(21)22/h1-6,19H,7H2,(H,18,20)(H,21,22). The summed E-state index contributed by atoms with van der Waals surface area (Å²) in [4.78, 5) is 22.7. The van der Waals surface area contributed by atoms with Gasteiger partial charge in [-0.15, -0.1) is 0 Å². The number of rotatable bonds is 5. The normalized spacial score (nSPS) is 10.2. The number of halogens is 2. The van der Waals surface area contributed by atoms with Gasteiger partial charge in [0.05, 0.1) is 5.02 Å². The van der Waals surface area contributed by atoms with Gasteiger partial charge in [0.1, 0.15) is 17.1 Å². The van der Waals surface area contributed by atoms with Crippen LogP contribution in [0.25, 0.3) is 0 Å². The van der Waals surface area contributed by atoms with E-state index < -0.39 is 11.9 Å². The van der Waals surface area contributed by atoms with Crippen molar-refractivity contribution in [3.63, 3.8) is 0 Å². The third kappa shape index (κ3) is 4.51. The van der Waals surface area contributed by atoms with Crippen molar-refractivity contribution in [1.82, 2.24) is 0 Å². The van der Waals surface area contributed by atoms with Crippen LogP contribution in [0.15, 0.2) is 36.4 Å². The second-order valence-electron chi connectivity index (χ2n) is 4.45. The van der Waals surface area contributed by atoms with E-state index in [0.717, 1.165) is 6.07 Å². The predicted octanol–water partition coefficient (Wildman–Crippen LogP) is 3.41. The molecule has 0 fully saturated rings. The summed E-state index contributed by atoms with van der Waals surface area (Å²) in [5.74, 6) is -1.91. The Hall–Kier alpha value is -2.44. The van der Waals surface area contributed by atoms with E-state index in [1.165, 1.54) is 24.3 Å². The molecule has 2 rings (SSSR count). The van der Waals surface area contributed by atoms with Gasteiger partial charge >= 0.3 is 5.97 Å². The summed E-state index contributed by atoms with van der Waals surface area (Å²) in [6.45, 7) is -0.329. The van der Waals surface area contributed by atoms with E-state index in [1.807, 2.05) is 0 Å². The zero-order valence-corrected chi connectivity index (χ0v) is 13.1. The summed E-state index contributed by atoms with van der Waals surface area (Å²) in [7, 11) is 0. The first-order valence-electron chi connectivity index (χ1n) is 6.31. The van der Waals surface area contributed by atoms with E-state index in [-0.39, 0.29) is 28.6 Å². The van der Waals surface area contributed by atoms with E-state index in [2.05, 4.69) is 5.32 Å². The maximum absolute atomic E-state index is 11.8. The number of carboxylic acids is 1. The summed E-state index contributed by atoms with van der Waals surface area (Å²) in [6, 6.07) is 8.27. The Morgan fingerprint density at radius 3 is 2.52 bits per heavy atom. The molecule has 0 atom stereocenters. The monoisotopic (exact) mass is 355 g/mol. The highest BCUT2D eigenvalue weighted by Crippen LogP contribution is 2.27. The van der Waals surface area contributed by atoms with Gasteiger partial charge in [0.15, 0.2) is 6.61 Å². The lowest BCUT2D eigenvalue weighted by atomic mass is 10.2. The quantitative estimate of drug-likeness (QED) is 0.714. The summed E-state index contributed by atoms with van der Waals surface area (Å²) >= 11 is 11.7. The lowest BCUT2D eigenvalue weighted by Crippen LogP contribution is -2.20. The van der Waals surface area contributed by atoms with Crippen LogP contribution >= 0.6 is 23.2 Å². The molecule has 0 spiro atoms. The van der Waals surface area contributed by atoms with Crippen molar-refractivity contribution in [2.75, 3.05) is 11.9 Å². The Labute approximate surface area is 141 Å². The molecule has 0 saturated carbocycles. The average molecular weight is 356 g/mol. The van der Waals surface area contributed by atoms with Gasteiger partial charge in [-0.1, -0.05) is 23.2 Å². The van der Waals surface area contributed by atoms with Gasteiger partial charge in [0, 0.05) is 10.7 Å². The highest BCUT2D eigenvalue weighted by Gasteiger charge is 2.12. The summed E-state index contributed by atoms with van der Waals surface area (Å²) in [5, 5.41) is 21.5. The van der Waals surface area contributed by atoms with Crippen LogP contribution in [0.3, 0.4) is 0 Å². The zero-order valence-electron chi connectivity index (χ0n) is 11.5. The van der Waals surface area contributed by atoms with Gasteiger partial charge in [-0.05, 0) is 36.4 Å². The molecule has 0 aliphatic heterocycles. The van der Waals surface area contributed by atoms with Crippen LogP contribution in [0.4, 0.5) is 5.69 Å². The smallest absolute Gasteiger partial charge is 0.339 e. The minimum atomic E-state index is -1.30. The molecular formula is C15H11Cl2NO5. The largest absolute Gasteiger partial charge is 0.507 e. The minimum absolute atomic E-state index is 0.219. The number of nitrogens with one attached hydrogen (secondary N) is 1. The lowest BCUT2D eigenvalue weighted by Gasteiger charge is -2.10. The molecule has 120 valence electrons. The molecule has 23 heavy (non-hydrogen) atoms. The molecule has 0 aliphatic rings. The fourth-order valence-corrected chi connectivity index (χ4v) is 2.18. The number of carboxylic acid groups (broad SMARTS) is 1. The Balaban J connectivity index is 2.00. The van der Waals surface area contributed by atoms with Crippen molar-refractivity contribution in [1.29, 1.82) is 0 Å². The number of carbonyl (C=O) groups is 2. The maximum Gasteiger partial charge on any atom is 0.339 e.